The number of halogens is 2. The number of benzene rings is 1. The number of aliphatic carboxylic acids is 1. The van der Waals surface area contributed by atoms with Gasteiger partial charge in [0.05, 0.1) is 9.78 Å². The molecule has 72 valence electrons. The summed E-state index contributed by atoms with van der Waals surface area (Å²) in [5.41, 5.74) is 0. The Morgan fingerprint density at radius 3 is 2.38 bits per heavy atom. The Balaban J connectivity index is 0.000000310. The van der Waals surface area contributed by atoms with Crippen molar-refractivity contribution in [3.63, 3.8) is 0 Å². The van der Waals surface area contributed by atoms with Gasteiger partial charge in [-0.25, -0.2) is 4.39 Å². The molecular weight excluding hydrogens is 258 g/mol. The highest BCUT2D eigenvalue weighted by Crippen LogP contribution is 2.12. The van der Waals surface area contributed by atoms with Crippen molar-refractivity contribution >= 4 is 36.4 Å². The van der Waals surface area contributed by atoms with Crippen molar-refractivity contribution in [2.24, 2.45) is 0 Å². The summed E-state index contributed by atoms with van der Waals surface area (Å²) in [6.07, 6.45) is 0. The van der Waals surface area contributed by atoms with E-state index in [1.54, 1.807) is 21.4 Å². The number of carbonyl (C=O) groups is 1. The Morgan fingerprint density at radius 1 is 1.62 bits per heavy atom. The number of carboxylic acid groups (broad SMARTS) is 1. The van der Waals surface area contributed by atoms with E-state index in [1.165, 1.54) is 6.07 Å². The molecule has 0 heterocycles. The largest absolute Gasteiger partial charge is 0.550 e. The first kappa shape index (κ1) is 12.5. The van der Waals surface area contributed by atoms with E-state index in [0.29, 0.717) is 4.47 Å². The van der Waals surface area contributed by atoms with Crippen LogP contribution >= 0.6 is 25.2 Å². The summed E-state index contributed by atoms with van der Waals surface area (Å²) in [5.74, 6) is -1.29. The van der Waals surface area contributed by atoms with E-state index in [1.807, 2.05) is 0 Å². The molecule has 0 amide bonds. The van der Waals surface area contributed by atoms with E-state index in [2.05, 4.69) is 15.9 Å². The van der Waals surface area contributed by atoms with E-state index in [9.17, 15) is 4.39 Å². The normalized spacial score (nSPS) is 8.85. The van der Waals surface area contributed by atoms with Crippen molar-refractivity contribution in [3.8, 4) is 0 Å². The molecule has 0 aliphatic carbocycles. The Kier molecular flexibility index (Phi) is 5.84. The van der Waals surface area contributed by atoms with E-state index in [0.717, 1.165) is 12.2 Å². The Hall–Kier alpha value is -0.470. The average molecular weight is 267 g/mol. The average Bonchev–Trinajstić information content (AvgIpc) is 1.96. The molecule has 1 aromatic carbocycles. The summed E-state index contributed by atoms with van der Waals surface area (Å²) in [5, 5.41) is 9.98. The second kappa shape index (κ2) is 6.06. The fourth-order valence-corrected chi connectivity index (χ4v) is 1.59. The predicted octanol–water partition coefficient (Wildman–Crippen LogP) is 0.577. The van der Waals surface area contributed by atoms with E-state index in [-0.39, 0.29) is 5.82 Å². The number of carbonyl (C=O) groups excluding carboxylic acids is 1. The molecule has 0 radical (unpaired) electrons. The SMILES string of the molecule is CC(=O)[O-].Fc1ccc([PH3+])cc1Br. The number of rotatable bonds is 0. The third-order valence-corrected chi connectivity index (χ3v) is 2.03. The molecular formula is C8H9BrFO2P. The van der Waals surface area contributed by atoms with Crippen LogP contribution in [0, 0.1) is 5.82 Å². The van der Waals surface area contributed by atoms with Gasteiger partial charge in [0.15, 0.2) is 0 Å². The minimum atomic E-state index is -1.08. The van der Waals surface area contributed by atoms with Crippen LogP contribution in [0.1, 0.15) is 6.92 Å². The van der Waals surface area contributed by atoms with Crippen LogP contribution < -0.4 is 10.4 Å². The monoisotopic (exact) mass is 266 g/mol. The van der Waals surface area contributed by atoms with Crippen LogP contribution in [-0.2, 0) is 4.79 Å². The van der Waals surface area contributed by atoms with Crippen LogP contribution in [0.5, 0.6) is 0 Å². The Bertz CT molecular complexity index is 300. The maximum atomic E-state index is 12.5. The zero-order valence-corrected chi connectivity index (χ0v) is 10.0. The van der Waals surface area contributed by atoms with Crippen LogP contribution in [0.25, 0.3) is 0 Å². The predicted molar refractivity (Wildman–Crippen MR) is 55.5 cm³/mol. The molecule has 0 fully saturated rings. The molecule has 0 bridgehead atoms. The molecule has 0 saturated carbocycles. The third-order valence-electron chi connectivity index (χ3n) is 0.984. The van der Waals surface area contributed by atoms with Gasteiger partial charge in [-0.3, -0.25) is 0 Å². The van der Waals surface area contributed by atoms with Gasteiger partial charge in [-0.05, 0) is 41.1 Å². The maximum absolute atomic E-state index is 12.5. The summed E-state index contributed by atoms with van der Waals surface area (Å²) >= 11 is 3.08. The fraction of sp³-hybridized carbons (Fsp3) is 0.125. The Labute approximate surface area is 86.5 Å². The topological polar surface area (TPSA) is 40.1 Å². The zero-order chi connectivity index (χ0) is 10.4. The van der Waals surface area contributed by atoms with Gasteiger partial charge >= 0.3 is 0 Å². The van der Waals surface area contributed by atoms with E-state index in [4.69, 9.17) is 9.90 Å². The maximum Gasteiger partial charge on any atom is 0.137 e. The molecule has 5 heteroatoms. The van der Waals surface area contributed by atoms with Crippen molar-refractivity contribution in [3.05, 3.63) is 28.5 Å². The van der Waals surface area contributed by atoms with E-state index < -0.39 is 5.97 Å². The van der Waals surface area contributed by atoms with Gasteiger partial charge in [0.2, 0.25) is 0 Å². The first-order valence-electron chi connectivity index (χ1n) is 3.38. The molecule has 1 rings (SSSR count). The molecule has 0 spiro atoms. The summed E-state index contributed by atoms with van der Waals surface area (Å²) in [6, 6.07) is 4.96. The lowest BCUT2D eigenvalue weighted by Crippen LogP contribution is -2.16. The highest BCUT2D eigenvalue weighted by atomic mass is 79.9. The molecule has 0 N–H and O–H groups in total. The second-order valence-electron chi connectivity index (χ2n) is 2.24. The quantitative estimate of drug-likeness (QED) is 0.645. The number of hydrogen-bond acceptors (Lipinski definition) is 2. The molecule has 13 heavy (non-hydrogen) atoms. The summed E-state index contributed by atoms with van der Waals surface area (Å²) < 4.78 is 13.0. The zero-order valence-electron chi connectivity index (χ0n) is 7.01. The standard InChI is InChI=1S/C6H5BrFP.C2H4O2/c7-5-3-4(9)1-2-6(5)8;1-2(3)4/h1-3H,9H2;1H3,(H,3,4). The molecule has 1 unspecified atom stereocenters. The van der Waals surface area contributed by atoms with Crippen molar-refractivity contribution in [1.29, 1.82) is 0 Å². The van der Waals surface area contributed by atoms with Crippen LogP contribution in [-0.4, -0.2) is 5.97 Å². The van der Waals surface area contributed by atoms with Gasteiger partial charge in [0.1, 0.15) is 5.82 Å². The van der Waals surface area contributed by atoms with Crippen molar-refractivity contribution in [2.75, 3.05) is 0 Å². The fourth-order valence-electron chi connectivity index (χ4n) is 0.540. The minimum Gasteiger partial charge on any atom is -0.550 e. The number of hydrogen-bond donors (Lipinski definition) is 0. The van der Waals surface area contributed by atoms with Gasteiger partial charge in [-0.2, -0.15) is 0 Å². The first-order chi connectivity index (χ1) is 5.93. The third kappa shape index (κ3) is 6.67. The lowest BCUT2D eigenvalue weighted by molar-refractivity contribution is -0.302. The van der Waals surface area contributed by atoms with Gasteiger partial charge < -0.3 is 9.90 Å². The molecule has 1 atom stereocenters. The molecule has 0 saturated heterocycles. The minimum absolute atomic E-state index is 0.203. The van der Waals surface area contributed by atoms with Crippen LogP contribution in [0.3, 0.4) is 0 Å². The second-order valence-corrected chi connectivity index (χ2v) is 3.91. The first-order valence-corrected chi connectivity index (χ1v) is 4.88. The molecule has 2 nitrogen and oxygen atoms in total. The summed E-state index contributed by atoms with van der Waals surface area (Å²) in [7, 11) is 1.73. The van der Waals surface area contributed by atoms with Crippen molar-refractivity contribution in [1.82, 2.24) is 0 Å². The van der Waals surface area contributed by atoms with Gasteiger partial charge in [0.25, 0.3) is 0 Å². The lowest BCUT2D eigenvalue weighted by Gasteiger charge is -1.90. The molecule has 0 aliphatic heterocycles. The van der Waals surface area contributed by atoms with E-state index >= 15 is 0 Å². The molecule has 0 aliphatic rings. The highest BCUT2D eigenvalue weighted by Gasteiger charge is 1.97. The molecule has 1 aromatic rings. The van der Waals surface area contributed by atoms with Gasteiger partial charge in [-0.1, -0.05) is 0 Å². The smallest absolute Gasteiger partial charge is 0.137 e. The Morgan fingerprint density at radius 2 is 2.08 bits per heavy atom. The highest BCUT2D eigenvalue weighted by molar-refractivity contribution is 9.10. The van der Waals surface area contributed by atoms with Crippen LogP contribution in [0.15, 0.2) is 22.7 Å². The van der Waals surface area contributed by atoms with Crippen molar-refractivity contribution in [2.45, 2.75) is 6.92 Å². The number of carboxylic acids is 1. The van der Waals surface area contributed by atoms with Gasteiger partial charge in [-0.15, -0.1) is 0 Å². The van der Waals surface area contributed by atoms with Gasteiger partial charge in [0, 0.05) is 15.2 Å². The summed E-state index contributed by atoms with van der Waals surface area (Å²) in [4.78, 5) is 8.89. The van der Waals surface area contributed by atoms with Crippen LogP contribution in [0.4, 0.5) is 4.39 Å². The molecule has 0 aromatic heterocycles. The lowest BCUT2D eigenvalue weighted by atomic mass is 10.3. The summed E-state index contributed by atoms with van der Waals surface area (Å²) in [6.45, 7) is 0.972. The van der Waals surface area contributed by atoms with Crippen molar-refractivity contribution < 1.29 is 14.3 Å². The van der Waals surface area contributed by atoms with Crippen LogP contribution in [0.2, 0.25) is 0 Å².